The molecule has 1 aliphatic heterocycles. The summed E-state index contributed by atoms with van der Waals surface area (Å²) in [7, 11) is 0. The number of carbonyl (C=O) groups excluding carboxylic acids is 1. The van der Waals surface area contributed by atoms with E-state index in [-0.39, 0.29) is 5.91 Å². The Morgan fingerprint density at radius 1 is 1.50 bits per heavy atom. The van der Waals surface area contributed by atoms with E-state index >= 15 is 0 Å². The Kier molecular flexibility index (Phi) is 3.67. The summed E-state index contributed by atoms with van der Waals surface area (Å²) >= 11 is 7.75. The number of amides is 1. The lowest BCUT2D eigenvalue weighted by atomic mass is 9.90. The average molecular weight is 310 g/mol. The van der Waals surface area contributed by atoms with Crippen molar-refractivity contribution in [3.63, 3.8) is 0 Å². The predicted molar refractivity (Wildman–Crippen MR) is 83.5 cm³/mol. The van der Waals surface area contributed by atoms with Crippen molar-refractivity contribution >= 4 is 44.7 Å². The SMILES string of the molecule is CC1(C(=O)Nc2c(Cl)ccc3scnc23)CCCCN1. The van der Waals surface area contributed by atoms with E-state index in [1.165, 1.54) is 11.3 Å². The van der Waals surface area contributed by atoms with Crippen LogP contribution in [0.1, 0.15) is 26.2 Å². The van der Waals surface area contributed by atoms with E-state index in [0.29, 0.717) is 10.7 Å². The molecule has 20 heavy (non-hydrogen) atoms. The summed E-state index contributed by atoms with van der Waals surface area (Å²) < 4.78 is 1.02. The molecule has 0 bridgehead atoms. The zero-order valence-electron chi connectivity index (χ0n) is 11.2. The van der Waals surface area contributed by atoms with E-state index in [2.05, 4.69) is 15.6 Å². The molecular weight excluding hydrogens is 294 g/mol. The van der Waals surface area contributed by atoms with Crippen molar-refractivity contribution in [2.45, 2.75) is 31.7 Å². The number of aromatic nitrogens is 1. The number of anilines is 1. The minimum absolute atomic E-state index is 0.0420. The maximum absolute atomic E-state index is 12.6. The molecule has 2 aromatic rings. The second kappa shape index (κ2) is 5.31. The van der Waals surface area contributed by atoms with Gasteiger partial charge in [0.25, 0.3) is 0 Å². The molecule has 106 valence electrons. The number of fused-ring (bicyclic) bond motifs is 1. The number of benzene rings is 1. The Bertz CT molecular complexity index is 649. The first-order chi connectivity index (χ1) is 9.60. The zero-order chi connectivity index (χ0) is 14.2. The van der Waals surface area contributed by atoms with Gasteiger partial charge < -0.3 is 10.6 Å². The van der Waals surface area contributed by atoms with Crippen LogP contribution in [0.25, 0.3) is 10.2 Å². The number of carbonyl (C=O) groups is 1. The molecule has 2 heterocycles. The summed E-state index contributed by atoms with van der Waals surface area (Å²) in [5, 5.41) is 6.79. The molecule has 1 unspecified atom stereocenters. The first-order valence-corrected chi connectivity index (χ1v) is 7.94. The van der Waals surface area contributed by atoms with Crippen LogP contribution in [0.15, 0.2) is 17.6 Å². The summed E-state index contributed by atoms with van der Waals surface area (Å²) in [6.45, 7) is 2.81. The topological polar surface area (TPSA) is 54.0 Å². The van der Waals surface area contributed by atoms with Crippen molar-refractivity contribution in [1.82, 2.24) is 10.3 Å². The zero-order valence-corrected chi connectivity index (χ0v) is 12.8. The smallest absolute Gasteiger partial charge is 0.244 e. The molecule has 1 amide bonds. The Hall–Kier alpha value is -1.17. The van der Waals surface area contributed by atoms with Crippen LogP contribution < -0.4 is 10.6 Å². The number of nitrogens with zero attached hydrogens (tertiary/aromatic N) is 1. The molecule has 0 aliphatic carbocycles. The average Bonchev–Trinajstić information content (AvgIpc) is 2.91. The summed E-state index contributed by atoms with van der Waals surface area (Å²) in [6.07, 6.45) is 3.01. The molecule has 1 aliphatic rings. The monoisotopic (exact) mass is 309 g/mol. The molecule has 4 nitrogen and oxygen atoms in total. The molecule has 1 atom stereocenters. The van der Waals surface area contributed by atoms with Crippen LogP contribution in [0, 0.1) is 0 Å². The third-order valence-corrected chi connectivity index (χ3v) is 4.92. The highest BCUT2D eigenvalue weighted by molar-refractivity contribution is 7.16. The van der Waals surface area contributed by atoms with Gasteiger partial charge in [0.05, 0.1) is 26.5 Å². The van der Waals surface area contributed by atoms with Gasteiger partial charge in [0.15, 0.2) is 0 Å². The van der Waals surface area contributed by atoms with Gasteiger partial charge in [-0.1, -0.05) is 11.6 Å². The number of hydrogen-bond acceptors (Lipinski definition) is 4. The summed E-state index contributed by atoms with van der Waals surface area (Å²) in [4.78, 5) is 16.8. The fraction of sp³-hybridized carbons (Fsp3) is 0.429. The van der Waals surface area contributed by atoms with Crippen LogP contribution in [0.5, 0.6) is 0 Å². The van der Waals surface area contributed by atoms with Gasteiger partial charge in [0.1, 0.15) is 5.52 Å². The summed E-state index contributed by atoms with van der Waals surface area (Å²) in [6, 6.07) is 3.72. The Morgan fingerprint density at radius 2 is 2.35 bits per heavy atom. The lowest BCUT2D eigenvalue weighted by molar-refractivity contribution is -0.122. The number of thiazole rings is 1. The quantitative estimate of drug-likeness (QED) is 0.893. The van der Waals surface area contributed by atoms with Crippen molar-refractivity contribution in [3.05, 3.63) is 22.7 Å². The highest BCUT2D eigenvalue weighted by atomic mass is 35.5. The standard InChI is InChI=1S/C14H16ClN3OS/c1-14(6-2-3-7-17-14)13(19)18-11-9(15)4-5-10-12(11)16-8-20-10/h4-5,8,17H,2-3,6-7H2,1H3,(H,18,19). The number of rotatable bonds is 2. The first kappa shape index (κ1) is 13.8. The number of hydrogen-bond donors (Lipinski definition) is 2. The normalized spacial score (nSPS) is 22.9. The van der Waals surface area contributed by atoms with E-state index < -0.39 is 5.54 Å². The van der Waals surface area contributed by atoms with Gasteiger partial charge in [-0.3, -0.25) is 4.79 Å². The van der Waals surface area contributed by atoms with Gasteiger partial charge in [0.2, 0.25) is 5.91 Å². The predicted octanol–water partition coefficient (Wildman–Crippen LogP) is 3.42. The van der Waals surface area contributed by atoms with E-state index in [1.807, 2.05) is 13.0 Å². The number of halogens is 1. The van der Waals surface area contributed by atoms with Crippen LogP contribution >= 0.6 is 22.9 Å². The van der Waals surface area contributed by atoms with E-state index in [4.69, 9.17) is 11.6 Å². The maximum Gasteiger partial charge on any atom is 0.244 e. The molecule has 0 spiro atoms. The second-order valence-corrected chi connectivity index (χ2v) is 6.59. The first-order valence-electron chi connectivity index (χ1n) is 6.68. The maximum atomic E-state index is 12.6. The lowest BCUT2D eigenvalue weighted by Gasteiger charge is -2.33. The van der Waals surface area contributed by atoms with Crippen LogP contribution in [0.3, 0.4) is 0 Å². The van der Waals surface area contributed by atoms with E-state index in [9.17, 15) is 4.79 Å². The second-order valence-electron chi connectivity index (χ2n) is 5.29. The van der Waals surface area contributed by atoms with E-state index in [0.717, 1.165) is 36.0 Å². The number of nitrogens with one attached hydrogen (secondary N) is 2. The molecule has 1 fully saturated rings. The minimum atomic E-state index is -0.528. The Morgan fingerprint density at radius 3 is 3.10 bits per heavy atom. The fourth-order valence-electron chi connectivity index (χ4n) is 2.53. The number of piperidine rings is 1. The molecule has 3 rings (SSSR count). The van der Waals surface area contributed by atoms with Crippen LogP contribution in [-0.4, -0.2) is 23.0 Å². The van der Waals surface area contributed by atoms with Gasteiger partial charge in [-0.15, -0.1) is 11.3 Å². The largest absolute Gasteiger partial charge is 0.321 e. The van der Waals surface area contributed by atoms with Crippen molar-refractivity contribution < 1.29 is 4.79 Å². The van der Waals surface area contributed by atoms with Crippen LogP contribution in [0.4, 0.5) is 5.69 Å². The highest BCUT2D eigenvalue weighted by Crippen LogP contribution is 2.33. The fourth-order valence-corrected chi connectivity index (χ4v) is 3.41. The van der Waals surface area contributed by atoms with Crippen molar-refractivity contribution in [3.8, 4) is 0 Å². The van der Waals surface area contributed by atoms with Crippen molar-refractivity contribution in [2.75, 3.05) is 11.9 Å². The lowest BCUT2D eigenvalue weighted by Crippen LogP contribution is -2.54. The van der Waals surface area contributed by atoms with Crippen molar-refractivity contribution in [2.24, 2.45) is 0 Å². The summed E-state index contributed by atoms with van der Waals surface area (Å²) in [5.41, 5.74) is 2.61. The van der Waals surface area contributed by atoms with Crippen LogP contribution in [0.2, 0.25) is 5.02 Å². The molecule has 0 saturated carbocycles. The van der Waals surface area contributed by atoms with Gasteiger partial charge in [-0.2, -0.15) is 0 Å². The van der Waals surface area contributed by atoms with E-state index in [1.54, 1.807) is 11.6 Å². The van der Waals surface area contributed by atoms with Gasteiger partial charge in [0, 0.05) is 0 Å². The third-order valence-electron chi connectivity index (χ3n) is 3.81. The molecule has 6 heteroatoms. The Labute approximate surface area is 126 Å². The molecule has 2 N–H and O–H groups in total. The molecular formula is C14H16ClN3OS. The molecule has 1 aromatic carbocycles. The van der Waals surface area contributed by atoms with Gasteiger partial charge in [-0.25, -0.2) is 4.98 Å². The third kappa shape index (κ3) is 2.41. The van der Waals surface area contributed by atoms with Crippen LogP contribution in [-0.2, 0) is 4.79 Å². The van der Waals surface area contributed by atoms with Gasteiger partial charge >= 0.3 is 0 Å². The summed E-state index contributed by atoms with van der Waals surface area (Å²) in [5.74, 6) is -0.0420. The Balaban J connectivity index is 1.91. The van der Waals surface area contributed by atoms with Crippen molar-refractivity contribution in [1.29, 1.82) is 0 Å². The van der Waals surface area contributed by atoms with Gasteiger partial charge in [-0.05, 0) is 44.9 Å². The molecule has 1 saturated heterocycles. The highest BCUT2D eigenvalue weighted by Gasteiger charge is 2.34. The molecule has 0 radical (unpaired) electrons. The minimum Gasteiger partial charge on any atom is -0.321 e. The molecule has 1 aromatic heterocycles.